The zero-order chi connectivity index (χ0) is 29.9. The number of aliphatic hydroxyl groups is 1. The molecular weight excluding hydrogens is 537 g/mol. The van der Waals surface area contributed by atoms with E-state index < -0.39 is 37.7 Å². The second kappa shape index (κ2) is 20.6. The summed E-state index contributed by atoms with van der Waals surface area (Å²) in [6, 6.07) is 5.34. The van der Waals surface area contributed by atoms with Gasteiger partial charge in [0.05, 0.1) is 31.8 Å². The molecule has 0 saturated heterocycles. The minimum atomic E-state index is -1.03. The molecule has 8 heteroatoms. The van der Waals surface area contributed by atoms with Crippen LogP contribution in [0.25, 0.3) is 0 Å². The van der Waals surface area contributed by atoms with Gasteiger partial charge in [0.1, 0.15) is 0 Å². The fraction of sp³-hybridized carbons (Fsp3) is 1.00. The first kappa shape index (κ1) is 40.8. The van der Waals surface area contributed by atoms with Crippen molar-refractivity contribution in [3.63, 3.8) is 0 Å². The van der Waals surface area contributed by atoms with Crippen LogP contribution in [0, 0.1) is 5.41 Å². The molecule has 0 aliphatic carbocycles. The summed E-state index contributed by atoms with van der Waals surface area (Å²) in [5, 5.41) is 10.2. The molecule has 1 N–H and O–H groups in total. The summed E-state index contributed by atoms with van der Waals surface area (Å²) in [6.07, 6.45) is 6.11. The van der Waals surface area contributed by atoms with E-state index in [4.69, 9.17) is 14.2 Å². The molecule has 0 heterocycles. The molecule has 38 heavy (non-hydrogen) atoms. The van der Waals surface area contributed by atoms with E-state index in [0.29, 0.717) is 19.8 Å². The molecule has 0 amide bonds. The highest BCUT2D eigenvalue weighted by Crippen LogP contribution is 2.21. The number of aliphatic hydroxyl groups excluding tert-OH is 1. The molecule has 0 spiro atoms. The van der Waals surface area contributed by atoms with Crippen LogP contribution >= 0.6 is 0 Å². The van der Waals surface area contributed by atoms with Crippen LogP contribution in [0.2, 0.25) is 103 Å². The highest BCUT2D eigenvalue weighted by atomic mass is 28.3. The molecule has 0 aromatic carbocycles. The molecule has 0 saturated carbocycles. The maximum atomic E-state index is 10.2. The molecule has 0 fully saturated rings. The van der Waals surface area contributed by atoms with Crippen LogP contribution < -0.4 is 0 Å². The quantitative estimate of drug-likeness (QED) is 0.0982. The summed E-state index contributed by atoms with van der Waals surface area (Å²) < 4.78 is 18.1. The Morgan fingerprint density at radius 1 is 0.474 bits per heavy atom. The standard InChI is InChI=1S/C23H54O4Si3.C7H18Si/c1-28(2,3)16-10-13-25-20-23(19-24,21-26-14-11-17-29(4,5)6)22-27-15-12-18-30(7,8)9;1-5-6-7-8(2,3)4/h24H,10-22H2,1-9H3;5-7H2,1-4H3. The Morgan fingerprint density at radius 2 is 0.737 bits per heavy atom. The number of unbranched alkanes of at least 4 members (excludes halogenated alkanes) is 1. The fourth-order valence-corrected chi connectivity index (χ4v) is 8.98. The molecule has 0 bridgehead atoms. The fourth-order valence-electron chi connectivity index (χ4n) is 3.95. The summed E-state index contributed by atoms with van der Waals surface area (Å²) in [5.41, 5.74) is -0.447. The molecule has 0 atom stereocenters. The number of rotatable bonds is 22. The lowest BCUT2D eigenvalue weighted by molar-refractivity contribution is -0.0926. The third-order valence-corrected chi connectivity index (χ3v) is 13.9. The first-order valence-corrected chi connectivity index (χ1v) is 30.4. The lowest BCUT2D eigenvalue weighted by Gasteiger charge is -2.31. The molecule has 0 aromatic heterocycles. The first-order valence-electron chi connectivity index (χ1n) is 15.6. The minimum absolute atomic E-state index is 0.0447. The maximum Gasteiger partial charge on any atom is 0.0635 e. The monoisotopic (exact) mass is 608 g/mol. The third-order valence-electron chi connectivity index (χ3n) is 6.49. The van der Waals surface area contributed by atoms with Gasteiger partial charge in [-0.15, -0.1) is 0 Å². The summed E-state index contributed by atoms with van der Waals surface area (Å²) in [6.45, 7) is 35.0. The van der Waals surface area contributed by atoms with E-state index in [1.165, 1.54) is 37.0 Å². The van der Waals surface area contributed by atoms with Crippen molar-refractivity contribution in [2.75, 3.05) is 46.2 Å². The smallest absolute Gasteiger partial charge is 0.0635 e. The van der Waals surface area contributed by atoms with Crippen LogP contribution in [0.15, 0.2) is 0 Å². The number of hydrogen-bond acceptors (Lipinski definition) is 4. The molecule has 0 aliphatic rings. The van der Waals surface area contributed by atoms with E-state index in [1.54, 1.807) is 0 Å². The number of hydrogen-bond donors (Lipinski definition) is 1. The topological polar surface area (TPSA) is 47.9 Å². The maximum absolute atomic E-state index is 10.2. The van der Waals surface area contributed by atoms with E-state index in [-0.39, 0.29) is 6.61 Å². The average Bonchev–Trinajstić information content (AvgIpc) is 2.74. The van der Waals surface area contributed by atoms with Gasteiger partial charge < -0.3 is 19.3 Å². The van der Waals surface area contributed by atoms with Crippen molar-refractivity contribution in [1.82, 2.24) is 0 Å². The van der Waals surface area contributed by atoms with Crippen LogP contribution in [-0.2, 0) is 14.2 Å². The van der Waals surface area contributed by atoms with Crippen molar-refractivity contribution < 1.29 is 19.3 Å². The molecule has 0 rings (SSSR count). The van der Waals surface area contributed by atoms with Gasteiger partial charge in [0, 0.05) is 52.1 Å². The van der Waals surface area contributed by atoms with Gasteiger partial charge in [0.15, 0.2) is 0 Å². The molecule has 0 aliphatic heterocycles. The lowest BCUT2D eigenvalue weighted by atomic mass is 9.92. The molecule has 0 aromatic rings. The Kier molecular flexibility index (Phi) is 22.1. The molecule has 0 radical (unpaired) electrons. The summed E-state index contributed by atoms with van der Waals surface area (Å²) in [7, 11) is -3.75. The largest absolute Gasteiger partial charge is 0.396 e. The van der Waals surface area contributed by atoms with E-state index in [1.807, 2.05) is 0 Å². The van der Waals surface area contributed by atoms with Crippen molar-refractivity contribution in [2.24, 2.45) is 5.41 Å². The van der Waals surface area contributed by atoms with Crippen molar-refractivity contribution >= 4 is 32.3 Å². The summed E-state index contributed by atoms with van der Waals surface area (Å²) >= 11 is 0. The molecular formula is C30H72O4Si4. The van der Waals surface area contributed by atoms with Gasteiger partial charge in [-0.2, -0.15) is 0 Å². The predicted molar refractivity (Wildman–Crippen MR) is 183 cm³/mol. The Labute approximate surface area is 244 Å². The van der Waals surface area contributed by atoms with Gasteiger partial charge in [0.2, 0.25) is 0 Å². The van der Waals surface area contributed by atoms with Crippen LogP contribution in [-0.4, -0.2) is 83.7 Å². The van der Waals surface area contributed by atoms with E-state index in [2.05, 4.69) is 85.5 Å². The van der Waals surface area contributed by atoms with Crippen molar-refractivity contribution in [3.8, 4) is 0 Å². The first-order chi connectivity index (χ1) is 17.2. The van der Waals surface area contributed by atoms with Crippen LogP contribution in [0.3, 0.4) is 0 Å². The molecule has 232 valence electrons. The molecule has 4 nitrogen and oxygen atoms in total. The van der Waals surface area contributed by atoms with Crippen LogP contribution in [0.4, 0.5) is 0 Å². The Balaban J connectivity index is 0. The molecule has 0 unspecified atom stereocenters. The summed E-state index contributed by atoms with van der Waals surface area (Å²) in [5.74, 6) is 0. The van der Waals surface area contributed by atoms with E-state index >= 15 is 0 Å². The Hall–Kier alpha value is 0.708. The average molecular weight is 609 g/mol. The second-order valence-corrected chi connectivity index (χ2v) is 39.0. The van der Waals surface area contributed by atoms with Gasteiger partial charge >= 0.3 is 0 Å². The normalized spacial score (nSPS) is 13.4. The van der Waals surface area contributed by atoms with Crippen molar-refractivity contribution in [3.05, 3.63) is 0 Å². The zero-order valence-electron chi connectivity index (χ0n) is 28.5. The van der Waals surface area contributed by atoms with Crippen LogP contribution in [0.1, 0.15) is 39.0 Å². The van der Waals surface area contributed by atoms with Gasteiger partial charge in [-0.3, -0.25) is 0 Å². The minimum Gasteiger partial charge on any atom is -0.396 e. The Bertz CT molecular complexity index is 487. The van der Waals surface area contributed by atoms with Crippen molar-refractivity contribution in [1.29, 1.82) is 0 Å². The Morgan fingerprint density at radius 3 is 0.921 bits per heavy atom. The lowest BCUT2D eigenvalue weighted by Crippen LogP contribution is -2.41. The third kappa shape index (κ3) is 31.2. The van der Waals surface area contributed by atoms with Gasteiger partial charge in [-0.05, 0) is 19.3 Å². The van der Waals surface area contributed by atoms with E-state index in [0.717, 1.165) is 39.1 Å². The van der Waals surface area contributed by atoms with Crippen LogP contribution in [0.5, 0.6) is 0 Å². The van der Waals surface area contributed by atoms with E-state index in [9.17, 15) is 5.11 Å². The summed E-state index contributed by atoms with van der Waals surface area (Å²) in [4.78, 5) is 0. The SMILES string of the molecule is CCCC[Si](C)(C)C.C[Si](C)(C)CCCOCC(CO)(COCCC[Si](C)(C)C)COCCC[Si](C)(C)C. The highest BCUT2D eigenvalue weighted by molar-refractivity contribution is 6.77. The number of ether oxygens (including phenoxy) is 3. The predicted octanol–water partition coefficient (Wildman–Crippen LogP) is 9.32. The second-order valence-electron chi connectivity index (χ2n) is 16.5. The van der Waals surface area contributed by atoms with Gasteiger partial charge in [-0.25, -0.2) is 0 Å². The van der Waals surface area contributed by atoms with Gasteiger partial charge in [-0.1, -0.05) is 123 Å². The van der Waals surface area contributed by atoms with Gasteiger partial charge in [0.25, 0.3) is 0 Å². The zero-order valence-corrected chi connectivity index (χ0v) is 32.5. The van der Waals surface area contributed by atoms with Crippen molar-refractivity contribution in [2.45, 2.75) is 142 Å². The highest BCUT2D eigenvalue weighted by Gasteiger charge is 2.31.